The second-order valence-corrected chi connectivity index (χ2v) is 3.47. The van der Waals surface area contributed by atoms with E-state index in [4.69, 9.17) is 0 Å². The second kappa shape index (κ2) is 5.92. The molecule has 0 radical (unpaired) electrons. The Bertz CT molecular complexity index is 152. The Morgan fingerprint density at radius 2 is 2.00 bits per heavy atom. The van der Waals surface area contributed by atoms with Crippen molar-refractivity contribution >= 4 is 12.1 Å². The van der Waals surface area contributed by atoms with Crippen molar-refractivity contribution in [2.45, 2.75) is 40.0 Å². The molecule has 12 heavy (non-hydrogen) atoms. The smallest absolute Gasteiger partial charge is 0.133 e. The summed E-state index contributed by atoms with van der Waals surface area (Å²) in [7, 11) is 0. The van der Waals surface area contributed by atoms with E-state index >= 15 is 0 Å². The summed E-state index contributed by atoms with van der Waals surface area (Å²) in [6.45, 7) is 5.80. The van der Waals surface area contributed by atoms with Gasteiger partial charge in [0.2, 0.25) is 0 Å². The van der Waals surface area contributed by atoms with E-state index in [1.807, 2.05) is 20.8 Å². The van der Waals surface area contributed by atoms with Gasteiger partial charge in [0.1, 0.15) is 12.1 Å². The van der Waals surface area contributed by atoms with Crippen LogP contribution in [-0.4, -0.2) is 12.1 Å². The number of hydrogen-bond donors (Lipinski definition) is 0. The van der Waals surface area contributed by atoms with Gasteiger partial charge in [0.15, 0.2) is 0 Å². The first-order valence-electron chi connectivity index (χ1n) is 4.58. The van der Waals surface area contributed by atoms with Crippen LogP contribution in [0.25, 0.3) is 0 Å². The molecule has 0 saturated heterocycles. The zero-order valence-corrected chi connectivity index (χ0v) is 8.17. The van der Waals surface area contributed by atoms with Crippen LogP contribution in [0.5, 0.6) is 0 Å². The Balaban J connectivity index is 3.74. The monoisotopic (exact) mass is 170 g/mol. The highest BCUT2D eigenvalue weighted by Gasteiger charge is 2.14. The average molecular weight is 170 g/mol. The van der Waals surface area contributed by atoms with E-state index in [0.29, 0.717) is 12.8 Å². The van der Waals surface area contributed by atoms with Crippen molar-refractivity contribution in [2.24, 2.45) is 11.8 Å². The summed E-state index contributed by atoms with van der Waals surface area (Å²) in [4.78, 5) is 21.5. The van der Waals surface area contributed by atoms with E-state index in [2.05, 4.69) is 0 Å². The molecule has 0 aliphatic carbocycles. The minimum absolute atomic E-state index is 0.00538. The fraction of sp³-hybridized carbons (Fsp3) is 0.800. The second-order valence-electron chi connectivity index (χ2n) is 3.47. The van der Waals surface area contributed by atoms with Gasteiger partial charge in [0.05, 0.1) is 0 Å². The molecule has 0 amide bonds. The zero-order valence-electron chi connectivity index (χ0n) is 8.17. The van der Waals surface area contributed by atoms with Crippen LogP contribution in [0, 0.1) is 11.8 Å². The maximum absolute atomic E-state index is 11.2. The third-order valence-corrected chi connectivity index (χ3v) is 2.19. The van der Waals surface area contributed by atoms with E-state index < -0.39 is 0 Å². The third kappa shape index (κ3) is 4.27. The molecule has 2 unspecified atom stereocenters. The summed E-state index contributed by atoms with van der Waals surface area (Å²) in [5.41, 5.74) is 0. The Labute approximate surface area is 74.3 Å². The normalized spacial score (nSPS) is 15.2. The predicted octanol–water partition coefficient (Wildman–Crippen LogP) is 2.22. The molecule has 0 bridgehead atoms. The molecule has 0 aliphatic heterocycles. The van der Waals surface area contributed by atoms with Gasteiger partial charge < -0.3 is 4.79 Å². The molecule has 0 rings (SSSR count). The summed E-state index contributed by atoms with van der Waals surface area (Å²) < 4.78 is 0. The van der Waals surface area contributed by atoms with Crippen molar-refractivity contribution in [1.82, 2.24) is 0 Å². The Morgan fingerprint density at radius 1 is 1.42 bits per heavy atom. The zero-order chi connectivity index (χ0) is 9.56. The number of aldehydes is 1. The fourth-order valence-electron chi connectivity index (χ4n) is 1.06. The molecule has 0 fully saturated rings. The largest absolute Gasteiger partial charge is 0.303 e. The molecule has 0 saturated carbocycles. The summed E-state index contributed by atoms with van der Waals surface area (Å²) in [5, 5.41) is 0. The minimum Gasteiger partial charge on any atom is -0.303 e. The molecular weight excluding hydrogens is 152 g/mol. The van der Waals surface area contributed by atoms with E-state index in [-0.39, 0.29) is 17.6 Å². The Kier molecular flexibility index (Phi) is 5.60. The van der Waals surface area contributed by atoms with E-state index in [1.165, 1.54) is 0 Å². The standard InChI is InChI=1S/C10H18O2/c1-4-5-10(12)6-8(2)9(3)7-11/h7-9H,4-6H2,1-3H3. The molecule has 70 valence electrons. The van der Waals surface area contributed by atoms with Crippen molar-refractivity contribution in [2.75, 3.05) is 0 Å². The molecule has 0 N–H and O–H groups in total. The third-order valence-electron chi connectivity index (χ3n) is 2.19. The molecule has 2 nitrogen and oxygen atoms in total. The van der Waals surface area contributed by atoms with E-state index in [1.54, 1.807) is 0 Å². The number of Topliss-reactive ketones (excluding diaryl/α,β-unsaturated/α-hetero) is 1. The lowest BCUT2D eigenvalue weighted by atomic mass is 9.91. The summed E-state index contributed by atoms with van der Waals surface area (Å²) in [6, 6.07) is 0. The summed E-state index contributed by atoms with van der Waals surface area (Å²) in [6.07, 6.45) is 3.02. The van der Waals surface area contributed by atoms with Crippen molar-refractivity contribution in [3.63, 3.8) is 0 Å². The van der Waals surface area contributed by atoms with E-state index in [9.17, 15) is 9.59 Å². The van der Waals surface area contributed by atoms with Crippen molar-refractivity contribution in [1.29, 1.82) is 0 Å². The van der Waals surface area contributed by atoms with Gasteiger partial charge in [-0.05, 0) is 12.3 Å². The van der Waals surface area contributed by atoms with Crippen LogP contribution >= 0.6 is 0 Å². The fourth-order valence-corrected chi connectivity index (χ4v) is 1.06. The summed E-state index contributed by atoms with van der Waals surface area (Å²) in [5.74, 6) is 0.478. The van der Waals surface area contributed by atoms with Gasteiger partial charge in [-0.3, -0.25) is 4.79 Å². The molecule has 0 aliphatic rings. The minimum atomic E-state index is 0.00538. The van der Waals surface area contributed by atoms with Gasteiger partial charge in [-0.25, -0.2) is 0 Å². The maximum atomic E-state index is 11.2. The molecule has 0 aromatic rings. The van der Waals surface area contributed by atoms with Crippen LogP contribution in [0.3, 0.4) is 0 Å². The van der Waals surface area contributed by atoms with E-state index in [0.717, 1.165) is 12.7 Å². The molecule has 0 aromatic carbocycles. The molecular formula is C10H18O2. The van der Waals surface area contributed by atoms with Crippen LogP contribution in [0.1, 0.15) is 40.0 Å². The lowest BCUT2D eigenvalue weighted by Crippen LogP contribution is -2.13. The van der Waals surface area contributed by atoms with Gasteiger partial charge in [0, 0.05) is 18.8 Å². The molecule has 2 heteroatoms. The quantitative estimate of drug-likeness (QED) is 0.573. The van der Waals surface area contributed by atoms with Crippen LogP contribution in [0.2, 0.25) is 0 Å². The Morgan fingerprint density at radius 3 is 2.42 bits per heavy atom. The topological polar surface area (TPSA) is 34.1 Å². The van der Waals surface area contributed by atoms with Crippen LogP contribution in [0.15, 0.2) is 0 Å². The highest BCUT2D eigenvalue weighted by atomic mass is 16.1. The van der Waals surface area contributed by atoms with Crippen LogP contribution in [0.4, 0.5) is 0 Å². The van der Waals surface area contributed by atoms with Crippen molar-refractivity contribution in [3.8, 4) is 0 Å². The van der Waals surface area contributed by atoms with Gasteiger partial charge in [-0.15, -0.1) is 0 Å². The van der Waals surface area contributed by atoms with Crippen molar-refractivity contribution < 1.29 is 9.59 Å². The summed E-state index contributed by atoms with van der Waals surface area (Å²) >= 11 is 0. The maximum Gasteiger partial charge on any atom is 0.133 e. The highest BCUT2D eigenvalue weighted by Crippen LogP contribution is 2.14. The molecule has 0 heterocycles. The predicted molar refractivity (Wildman–Crippen MR) is 48.9 cm³/mol. The van der Waals surface area contributed by atoms with Gasteiger partial charge in [-0.1, -0.05) is 20.8 Å². The van der Waals surface area contributed by atoms with Gasteiger partial charge in [0.25, 0.3) is 0 Å². The molecule has 0 aromatic heterocycles. The number of rotatable bonds is 6. The first-order chi connectivity index (χ1) is 5.61. The number of ketones is 1. The van der Waals surface area contributed by atoms with Gasteiger partial charge in [-0.2, -0.15) is 0 Å². The number of carbonyl (C=O) groups is 2. The SMILES string of the molecule is CCCC(=O)CC(C)C(C)C=O. The first kappa shape index (κ1) is 11.3. The Hall–Kier alpha value is -0.660. The van der Waals surface area contributed by atoms with Crippen LogP contribution < -0.4 is 0 Å². The molecule has 0 spiro atoms. The first-order valence-corrected chi connectivity index (χ1v) is 4.58. The highest BCUT2D eigenvalue weighted by molar-refractivity contribution is 5.78. The average Bonchev–Trinajstić information content (AvgIpc) is 2.03. The lowest BCUT2D eigenvalue weighted by molar-refractivity contribution is -0.120. The van der Waals surface area contributed by atoms with Crippen LogP contribution in [-0.2, 0) is 9.59 Å². The number of hydrogen-bond acceptors (Lipinski definition) is 2. The van der Waals surface area contributed by atoms with Gasteiger partial charge >= 0.3 is 0 Å². The van der Waals surface area contributed by atoms with Crippen molar-refractivity contribution in [3.05, 3.63) is 0 Å². The number of carbonyl (C=O) groups excluding carboxylic acids is 2. The molecule has 2 atom stereocenters. The lowest BCUT2D eigenvalue weighted by Gasteiger charge is -2.12.